The van der Waals surface area contributed by atoms with Gasteiger partial charge in [-0.05, 0) is 11.6 Å². The first-order valence-corrected chi connectivity index (χ1v) is 7.04. The molecule has 0 aliphatic heterocycles. The Kier molecular flexibility index (Phi) is 4.08. The number of aliphatic hydroxyl groups excluding tert-OH is 1. The lowest BCUT2D eigenvalue weighted by Crippen LogP contribution is -2.10. The van der Waals surface area contributed by atoms with E-state index in [1.165, 1.54) is 0 Å². The second kappa shape index (κ2) is 6.33. The summed E-state index contributed by atoms with van der Waals surface area (Å²) in [6, 6.07) is 19.9. The zero-order valence-electron chi connectivity index (χ0n) is 11.9. The van der Waals surface area contributed by atoms with Crippen molar-refractivity contribution in [2.45, 2.75) is 6.10 Å². The van der Waals surface area contributed by atoms with Gasteiger partial charge in [-0.3, -0.25) is 9.78 Å². The lowest BCUT2D eigenvalue weighted by molar-refractivity contribution is 0.103. The molecule has 3 rings (SSSR count). The van der Waals surface area contributed by atoms with Crippen molar-refractivity contribution >= 4 is 5.78 Å². The maximum atomic E-state index is 12.7. The summed E-state index contributed by atoms with van der Waals surface area (Å²) < 4.78 is 0. The van der Waals surface area contributed by atoms with Crippen LogP contribution in [0, 0.1) is 0 Å². The highest BCUT2D eigenvalue weighted by Gasteiger charge is 2.19. The second-order valence-corrected chi connectivity index (χ2v) is 4.97. The second-order valence-electron chi connectivity index (χ2n) is 4.97. The number of aromatic nitrogens is 1. The number of aliphatic hydroxyl groups is 1. The quantitative estimate of drug-likeness (QED) is 0.749. The number of pyridine rings is 1. The van der Waals surface area contributed by atoms with Crippen molar-refractivity contribution in [2.24, 2.45) is 0 Å². The van der Waals surface area contributed by atoms with Gasteiger partial charge in [0, 0.05) is 29.1 Å². The van der Waals surface area contributed by atoms with E-state index in [-0.39, 0.29) is 5.78 Å². The Bertz CT molecular complexity index is 770. The van der Waals surface area contributed by atoms with Crippen molar-refractivity contribution in [3.05, 3.63) is 101 Å². The van der Waals surface area contributed by atoms with Gasteiger partial charge in [-0.25, -0.2) is 0 Å². The van der Waals surface area contributed by atoms with Crippen molar-refractivity contribution in [1.29, 1.82) is 0 Å². The Labute approximate surface area is 128 Å². The molecular formula is C19H15NO2. The van der Waals surface area contributed by atoms with Crippen LogP contribution in [0.1, 0.15) is 33.2 Å². The van der Waals surface area contributed by atoms with E-state index in [1.54, 1.807) is 30.6 Å². The first kappa shape index (κ1) is 14.2. The Morgan fingerprint density at radius 3 is 2.23 bits per heavy atom. The highest BCUT2D eigenvalue weighted by molar-refractivity contribution is 6.09. The molecule has 3 nitrogen and oxygen atoms in total. The molecule has 1 aromatic heterocycles. The predicted molar refractivity (Wildman–Crippen MR) is 84.6 cm³/mol. The van der Waals surface area contributed by atoms with E-state index < -0.39 is 6.10 Å². The van der Waals surface area contributed by atoms with Crippen LogP contribution >= 0.6 is 0 Å². The molecule has 3 aromatic rings. The molecule has 0 fully saturated rings. The molecule has 0 spiro atoms. The first-order chi connectivity index (χ1) is 10.8. The lowest BCUT2D eigenvalue weighted by Gasteiger charge is -2.14. The largest absolute Gasteiger partial charge is 0.384 e. The summed E-state index contributed by atoms with van der Waals surface area (Å²) in [7, 11) is 0. The zero-order valence-corrected chi connectivity index (χ0v) is 11.9. The fraction of sp³-hybridized carbons (Fsp3) is 0.0526. The van der Waals surface area contributed by atoms with Crippen LogP contribution in [0.25, 0.3) is 0 Å². The summed E-state index contributed by atoms with van der Waals surface area (Å²) in [6.07, 6.45) is 2.24. The SMILES string of the molecule is O=C(c1ccccc1)c1ccncc1C(O)c1ccccc1. The summed E-state index contributed by atoms with van der Waals surface area (Å²) >= 11 is 0. The monoisotopic (exact) mass is 289 g/mol. The van der Waals surface area contributed by atoms with E-state index in [0.717, 1.165) is 5.56 Å². The third-order valence-electron chi connectivity index (χ3n) is 3.54. The number of benzene rings is 2. The smallest absolute Gasteiger partial charge is 0.193 e. The van der Waals surface area contributed by atoms with Gasteiger partial charge in [-0.15, -0.1) is 0 Å². The van der Waals surface area contributed by atoms with Gasteiger partial charge in [-0.1, -0.05) is 60.7 Å². The fourth-order valence-corrected chi connectivity index (χ4v) is 2.39. The summed E-state index contributed by atoms with van der Waals surface area (Å²) in [5.74, 6) is -0.118. The number of hydrogen-bond donors (Lipinski definition) is 1. The predicted octanol–water partition coefficient (Wildman–Crippen LogP) is 3.39. The molecule has 0 aliphatic rings. The maximum Gasteiger partial charge on any atom is 0.193 e. The molecule has 22 heavy (non-hydrogen) atoms. The van der Waals surface area contributed by atoms with Crippen LogP contribution in [0.15, 0.2) is 79.1 Å². The normalized spacial score (nSPS) is 11.9. The van der Waals surface area contributed by atoms with Gasteiger partial charge in [0.15, 0.2) is 5.78 Å². The summed E-state index contributed by atoms with van der Waals surface area (Å²) in [5, 5.41) is 10.6. The van der Waals surface area contributed by atoms with Gasteiger partial charge in [0.05, 0.1) is 0 Å². The molecule has 1 atom stereocenters. The zero-order chi connectivity index (χ0) is 15.4. The molecule has 108 valence electrons. The lowest BCUT2D eigenvalue weighted by atomic mass is 9.94. The molecule has 2 aromatic carbocycles. The van der Waals surface area contributed by atoms with Crippen molar-refractivity contribution < 1.29 is 9.90 Å². The minimum Gasteiger partial charge on any atom is -0.384 e. The van der Waals surface area contributed by atoms with Crippen LogP contribution in [0.2, 0.25) is 0 Å². The molecule has 1 unspecified atom stereocenters. The Morgan fingerprint density at radius 2 is 1.55 bits per heavy atom. The molecule has 3 heteroatoms. The van der Waals surface area contributed by atoms with Crippen LogP contribution in [0.5, 0.6) is 0 Å². The number of nitrogens with zero attached hydrogens (tertiary/aromatic N) is 1. The average Bonchev–Trinajstić information content (AvgIpc) is 2.62. The van der Waals surface area contributed by atoms with E-state index in [2.05, 4.69) is 4.98 Å². The molecule has 0 aliphatic carbocycles. The van der Waals surface area contributed by atoms with Gasteiger partial charge in [0.25, 0.3) is 0 Å². The highest BCUT2D eigenvalue weighted by atomic mass is 16.3. The van der Waals surface area contributed by atoms with Crippen LogP contribution in [0.4, 0.5) is 0 Å². The molecule has 1 heterocycles. The Hall–Kier alpha value is -2.78. The minimum absolute atomic E-state index is 0.118. The third-order valence-corrected chi connectivity index (χ3v) is 3.54. The van der Waals surface area contributed by atoms with Gasteiger partial charge in [-0.2, -0.15) is 0 Å². The molecule has 0 saturated carbocycles. The van der Waals surface area contributed by atoms with Crippen LogP contribution in [-0.4, -0.2) is 15.9 Å². The van der Waals surface area contributed by atoms with E-state index in [9.17, 15) is 9.90 Å². The fourth-order valence-electron chi connectivity index (χ4n) is 2.39. The summed E-state index contributed by atoms with van der Waals surface area (Å²) in [6.45, 7) is 0. The van der Waals surface area contributed by atoms with E-state index in [0.29, 0.717) is 16.7 Å². The van der Waals surface area contributed by atoms with Crippen LogP contribution in [-0.2, 0) is 0 Å². The summed E-state index contributed by atoms with van der Waals surface area (Å²) in [5.41, 5.74) is 2.31. The van der Waals surface area contributed by atoms with Crippen LogP contribution in [0.3, 0.4) is 0 Å². The standard InChI is InChI=1S/C19H15NO2/c21-18(14-7-3-1-4-8-14)16-11-12-20-13-17(16)19(22)15-9-5-2-6-10-15/h1-13,19,22H. The summed E-state index contributed by atoms with van der Waals surface area (Å²) in [4.78, 5) is 16.7. The Morgan fingerprint density at radius 1 is 0.909 bits per heavy atom. The number of hydrogen-bond acceptors (Lipinski definition) is 3. The van der Waals surface area contributed by atoms with Gasteiger partial charge >= 0.3 is 0 Å². The topological polar surface area (TPSA) is 50.2 Å². The van der Waals surface area contributed by atoms with E-state index in [1.807, 2.05) is 48.5 Å². The first-order valence-electron chi connectivity index (χ1n) is 7.04. The molecular weight excluding hydrogens is 274 g/mol. The number of carbonyl (C=O) groups is 1. The molecule has 0 saturated heterocycles. The number of rotatable bonds is 4. The van der Waals surface area contributed by atoms with Gasteiger partial charge < -0.3 is 5.11 Å². The molecule has 0 radical (unpaired) electrons. The highest BCUT2D eigenvalue weighted by Crippen LogP contribution is 2.25. The van der Waals surface area contributed by atoms with Crippen molar-refractivity contribution in [2.75, 3.05) is 0 Å². The third kappa shape index (κ3) is 2.80. The van der Waals surface area contributed by atoms with Crippen molar-refractivity contribution in [1.82, 2.24) is 4.98 Å². The molecule has 0 bridgehead atoms. The van der Waals surface area contributed by atoms with E-state index >= 15 is 0 Å². The number of carbonyl (C=O) groups excluding carboxylic acids is 1. The van der Waals surface area contributed by atoms with Crippen molar-refractivity contribution in [3.63, 3.8) is 0 Å². The molecule has 1 N–H and O–H groups in total. The Balaban J connectivity index is 2.02. The van der Waals surface area contributed by atoms with Crippen LogP contribution < -0.4 is 0 Å². The van der Waals surface area contributed by atoms with Gasteiger partial charge in [0.2, 0.25) is 0 Å². The average molecular weight is 289 g/mol. The minimum atomic E-state index is -0.877. The number of ketones is 1. The van der Waals surface area contributed by atoms with E-state index in [4.69, 9.17) is 0 Å². The van der Waals surface area contributed by atoms with Gasteiger partial charge in [0.1, 0.15) is 6.10 Å². The maximum absolute atomic E-state index is 12.7. The van der Waals surface area contributed by atoms with Crippen molar-refractivity contribution in [3.8, 4) is 0 Å². The molecule has 0 amide bonds.